The molecule has 0 saturated carbocycles. The zero-order chi connectivity index (χ0) is 15.7. The molecule has 2 aromatic rings. The molecule has 1 N–H and O–H groups in total. The molecule has 0 unspecified atom stereocenters. The lowest BCUT2D eigenvalue weighted by atomic mass is 10.0. The summed E-state index contributed by atoms with van der Waals surface area (Å²) in [7, 11) is 1.89. The molecule has 2 aromatic heterocycles. The minimum absolute atomic E-state index is 0.0348. The maximum atomic E-state index is 12.8. The first-order valence-electron chi connectivity index (χ1n) is 7.62. The van der Waals surface area contributed by atoms with Gasteiger partial charge in [-0.1, -0.05) is 13.8 Å². The van der Waals surface area contributed by atoms with Gasteiger partial charge in [0.2, 0.25) is 5.91 Å². The van der Waals surface area contributed by atoms with E-state index in [4.69, 9.17) is 0 Å². The summed E-state index contributed by atoms with van der Waals surface area (Å²) in [5.41, 5.74) is 2.28. The van der Waals surface area contributed by atoms with Crippen LogP contribution in [0.15, 0.2) is 24.5 Å². The average Bonchev–Trinajstić information content (AvgIpc) is 3.16. The summed E-state index contributed by atoms with van der Waals surface area (Å²) >= 11 is 1.84. The van der Waals surface area contributed by atoms with E-state index in [0.29, 0.717) is 5.92 Å². The van der Waals surface area contributed by atoms with Crippen molar-refractivity contribution in [2.75, 3.05) is 5.32 Å². The van der Waals surface area contributed by atoms with Gasteiger partial charge in [-0.2, -0.15) is 16.9 Å². The molecule has 0 radical (unpaired) electrons. The van der Waals surface area contributed by atoms with Gasteiger partial charge in [0.1, 0.15) is 11.9 Å². The average molecular weight is 318 g/mol. The van der Waals surface area contributed by atoms with Gasteiger partial charge < -0.3 is 9.88 Å². The highest BCUT2D eigenvalue weighted by atomic mass is 32.2. The highest BCUT2D eigenvalue weighted by Crippen LogP contribution is 2.34. The van der Waals surface area contributed by atoms with Crippen LogP contribution in [-0.2, 0) is 23.3 Å². The van der Waals surface area contributed by atoms with E-state index in [-0.39, 0.29) is 11.9 Å². The summed E-state index contributed by atoms with van der Waals surface area (Å²) < 4.78 is 3.78. The van der Waals surface area contributed by atoms with Gasteiger partial charge in [-0.05, 0) is 24.5 Å². The van der Waals surface area contributed by atoms with E-state index in [2.05, 4.69) is 24.3 Å². The standard InChI is InChI=1S/C16H22N4OS/c1-11(2)8-14(20-6-4-5-7-20)16(21)17-15-12-9-22-10-13(12)18-19(15)3/h4-7,11,14H,8-10H2,1-3H3,(H,17,21)/t14-/m0/s1. The maximum absolute atomic E-state index is 12.8. The molecule has 22 heavy (non-hydrogen) atoms. The minimum atomic E-state index is -0.186. The zero-order valence-corrected chi connectivity index (χ0v) is 14.1. The van der Waals surface area contributed by atoms with Crippen LogP contribution in [0.1, 0.15) is 37.6 Å². The summed E-state index contributed by atoms with van der Waals surface area (Å²) in [6.07, 6.45) is 4.72. The fourth-order valence-corrected chi connectivity index (χ4v) is 3.90. The Morgan fingerprint density at radius 1 is 1.36 bits per heavy atom. The van der Waals surface area contributed by atoms with Crippen LogP contribution in [0.5, 0.6) is 0 Å². The van der Waals surface area contributed by atoms with E-state index in [9.17, 15) is 4.79 Å². The molecule has 118 valence electrons. The third-order valence-corrected chi connectivity index (χ3v) is 4.91. The van der Waals surface area contributed by atoms with Gasteiger partial charge in [0.25, 0.3) is 0 Å². The quantitative estimate of drug-likeness (QED) is 0.921. The van der Waals surface area contributed by atoms with E-state index < -0.39 is 0 Å². The van der Waals surface area contributed by atoms with Gasteiger partial charge in [-0.15, -0.1) is 0 Å². The van der Waals surface area contributed by atoms with Crippen molar-refractivity contribution in [3.8, 4) is 0 Å². The predicted molar refractivity (Wildman–Crippen MR) is 89.8 cm³/mol. The van der Waals surface area contributed by atoms with Crippen molar-refractivity contribution in [3.05, 3.63) is 35.8 Å². The third-order valence-electron chi connectivity index (χ3n) is 3.94. The van der Waals surface area contributed by atoms with Crippen molar-refractivity contribution >= 4 is 23.5 Å². The molecular weight excluding hydrogens is 296 g/mol. The Bertz CT molecular complexity index is 660. The van der Waals surface area contributed by atoms with Crippen molar-refractivity contribution < 1.29 is 4.79 Å². The summed E-state index contributed by atoms with van der Waals surface area (Å²) in [6, 6.07) is 3.73. The molecular formula is C16H22N4OS. The minimum Gasteiger partial charge on any atom is -0.342 e. The van der Waals surface area contributed by atoms with Crippen molar-refractivity contribution in [1.29, 1.82) is 0 Å². The van der Waals surface area contributed by atoms with Crippen molar-refractivity contribution in [2.24, 2.45) is 13.0 Å². The van der Waals surface area contributed by atoms with Crippen LogP contribution >= 0.6 is 11.8 Å². The van der Waals surface area contributed by atoms with Gasteiger partial charge in [0.05, 0.1) is 5.69 Å². The molecule has 1 aliphatic rings. The molecule has 6 heteroatoms. The van der Waals surface area contributed by atoms with Crippen LogP contribution in [0.4, 0.5) is 5.82 Å². The van der Waals surface area contributed by atoms with Crippen molar-refractivity contribution in [3.63, 3.8) is 0 Å². The molecule has 3 rings (SSSR count). The van der Waals surface area contributed by atoms with Crippen LogP contribution in [0.3, 0.4) is 0 Å². The SMILES string of the molecule is CC(C)C[C@@H](C(=O)Nc1c2c(nn1C)CSC2)n1cccc1. The van der Waals surface area contributed by atoms with Crippen LogP contribution in [0.2, 0.25) is 0 Å². The Morgan fingerprint density at radius 2 is 2.09 bits per heavy atom. The van der Waals surface area contributed by atoms with Crippen LogP contribution in [0.25, 0.3) is 0 Å². The summed E-state index contributed by atoms with van der Waals surface area (Å²) in [5.74, 6) is 3.20. The molecule has 1 aliphatic heterocycles. The topological polar surface area (TPSA) is 51.9 Å². The second-order valence-electron chi connectivity index (χ2n) is 6.16. The predicted octanol–water partition coefficient (Wildman–Crippen LogP) is 3.19. The van der Waals surface area contributed by atoms with Crippen molar-refractivity contribution in [2.45, 2.75) is 37.8 Å². The summed E-state index contributed by atoms with van der Waals surface area (Å²) in [5, 5.41) is 7.61. The molecule has 0 saturated heterocycles. The summed E-state index contributed by atoms with van der Waals surface area (Å²) in [4.78, 5) is 12.8. The number of amides is 1. The zero-order valence-electron chi connectivity index (χ0n) is 13.2. The molecule has 0 aromatic carbocycles. The highest BCUT2D eigenvalue weighted by molar-refractivity contribution is 7.98. The number of rotatable bonds is 5. The lowest BCUT2D eigenvalue weighted by molar-refractivity contribution is -0.119. The molecule has 5 nitrogen and oxygen atoms in total. The van der Waals surface area contributed by atoms with Crippen LogP contribution in [-0.4, -0.2) is 20.3 Å². The number of anilines is 1. The Labute approximate surface area is 135 Å². The second-order valence-corrected chi connectivity index (χ2v) is 7.14. The maximum Gasteiger partial charge on any atom is 0.248 e. The van der Waals surface area contributed by atoms with E-state index in [0.717, 1.165) is 29.4 Å². The Balaban J connectivity index is 1.83. The van der Waals surface area contributed by atoms with Gasteiger partial charge in [0.15, 0.2) is 0 Å². The first kappa shape index (κ1) is 15.2. The van der Waals surface area contributed by atoms with E-state index in [1.165, 1.54) is 5.56 Å². The number of thioether (sulfide) groups is 1. The fraction of sp³-hybridized carbons (Fsp3) is 0.500. The van der Waals surface area contributed by atoms with Crippen LogP contribution < -0.4 is 5.32 Å². The second kappa shape index (κ2) is 6.20. The van der Waals surface area contributed by atoms with E-state index in [1.807, 2.05) is 47.9 Å². The first-order chi connectivity index (χ1) is 10.6. The normalized spacial score (nSPS) is 15.1. The third kappa shape index (κ3) is 2.92. The number of hydrogen-bond acceptors (Lipinski definition) is 3. The monoisotopic (exact) mass is 318 g/mol. The highest BCUT2D eigenvalue weighted by Gasteiger charge is 2.26. The molecule has 0 bridgehead atoms. The van der Waals surface area contributed by atoms with Gasteiger partial charge in [-0.25, -0.2) is 0 Å². The number of hydrogen-bond donors (Lipinski definition) is 1. The molecule has 0 spiro atoms. The van der Waals surface area contributed by atoms with Gasteiger partial charge >= 0.3 is 0 Å². The Morgan fingerprint density at radius 3 is 2.77 bits per heavy atom. The van der Waals surface area contributed by atoms with E-state index >= 15 is 0 Å². The summed E-state index contributed by atoms with van der Waals surface area (Å²) in [6.45, 7) is 4.28. The molecule has 1 amide bonds. The number of carbonyl (C=O) groups is 1. The number of fused-ring (bicyclic) bond motifs is 1. The molecule has 0 aliphatic carbocycles. The number of nitrogens with one attached hydrogen (secondary N) is 1. The first-order valence-corrected chi connectivity index (χ1v) is 8.77. The van der Waals surface area contributed by atoms with Gasteiger partial charge in [-0.3, -0.25) is 9.48 Å². The fourth-order valence-electron chi connectivity index (χ4n) is 2.86. The molecule has 3 heterocycles. The Hall–Kier alpha value is -1.69. The number of nitrogens with zero attached hydrogens (tertiary/aromatic N) is 3. The van der Waals surface area contributed by atoms with E-state index in [1.54, 1.807) is 4.68 Å². The smallest absolute Gasteiger partial charge is 0.248 e. The number of carbonyl (C=O) groups excluding carboxylic acids is 1. The van der Waals surface area contributed by atoms with Gasteiger partial charge in [0, 0.05) is 36.5 Å². The number of aryl methyl sites for hydroxylation is 1. The Kier molecular flexibility index (Phi) is 4.29. The van der Waals surface area contributed by atoms with Crippen LogP contribution in [0, 0.1) is 5.92 Å². The van der Waals surface area contributed by atoms with Crippen molar-refractivity contribution in [1.82, 2.24) is 14.3 Å². The lowest BCUT2D eigenvalue weighted by Crippen LogP contribution is -2.27. The molecule has 1 atom stereocenters. The lowest BCUT2D eigenvalue weighted by Gasteiger charge is -2.20. The largest absolute Gasteiger partial charge is 0.342 e. The number of aromatic nitrogens is 3. The molecule has 0 fully saturated rings.